The van der Waals surface area contributed by atoms with E-state index < -0.39 is 0 Å². The Balaban J connectivity index is 2.20. The highest BCUT2D eigenvalue weighted by atomic mass is 15.4. The van der Waals surface area contributed by atoms with Crippen molar-refractivity contribution >= 4 is 0 Å². The van der Waals surface area contributed by atoms with Crippen LogP contribution in [0, 0.1) is 6.92 Å². The van der Waals surface area contributed by atoms with E-state index in [0.29, 0.717) is 0 Å². The van der Waals surface area contributed by atoms with Gasteiger partial charge in [-0.15, -0.1) is 5.10 Å². The number of hydrogen-bond donors (Lipinski definition) is 1. The minimum Gasteiger partial charge on any atom is -0.314 e. The number of aromatic nitrogens is 3. The molecule has 0 amide bonds. The molecule has 0 unspecified atom stereocenters. The number of benzene rings is 1. The Kier molecular flexibility index (Phi) is 4.10. The van der Waals surface area contributed by atoms with Crippen molar-refractivity contribution < 1.29 is 0 Å². The lowest BCUT2D eigenvalue weighted by molar-refractivity contribution is 0.622. The monoisotopic (exact) mass is 244 g/mol. The largest absolute Gasteiger partial charge is 0.314 e. The average Bonchev–Trinajstić information content (AvgIpc) is 2.75. The second-order valence-corrected chi connectivity index (χ2v) is 4.51. The lowest BCUT2D eigenvalue weighted by Gasteiger charge is -2.06. The number of nitrogens with zero attached hydrogens (tertiary/aromatic N) is 3. The van der Waals surface area contributed by atoms with Crippen molar-refractivity contribution in [2.45, 2.75) is 33.4 Å². The van der Waals surface area contributed by atoms with Gasteiger partial charge in [-0.2, -0.15) is 0 Å². The van der Waals surface area contributed by atoms with E-state index in [4.69, 9.17) is 0 Å². The zero-order chi connectivity index (χ0) is 13.0. The Morgan fingerprint density at radius 1 is 1.22 bits per heavy atom. The van der Waals surface area contributed by atoms with E-state index in [1.807, 2.05) is 11.7 Å². The first kappa shape index (κ1) is 12.8. The van der Waals surface area contributed by atoms with E-state index in [2.05, 4.69) is 53.7 Å². The molecule has 0 bridgehead atoms. The molecule has 1 aromatic heterocycles. The minimum absolute atomic E-state index is 0.775. The number of nitrogens with one attached hydrogen (secondary N) is 1. The molecular weight excluding hydrogens is 224 g/mol. The lowest BCUT2D eigenvalue weighted by Crippen LogP contribution is -2.10. The van der Waals surface area contributed by atoms with Gasteiger partial charge in [0.1, 0.15) is 0 Å². The molecule has 0 saturated carbocycles. The predicted molar refractivity (Wildman–Crippen MR) is 72.4 cm³/mol. The fourth-order valence-corrected chi connectivity index (χ4v) is 2.05. The van der Waals surface area contributed by atoms with Crippen molar-refractivity contribution in [3.63, 3.8) is 0 Å². The first-order chi connectivity index (χ1) is 8.74. The molecule has 0 atom stereocenters. The van der Waals surface area contributed by atoms with Crippen LogP contribution < -0.4 is 5.32 Å². The van der Waals surface area contributed by atoms with Gasteiger partial charge in [0.25, 0.3) is 0 Å². The maximum absolute atomic E-state index is 4.25. The SMILES string of the molecule is CCc1c(CNC)nnn1Cc1ccc(C)cc1. The van der Waals surface area contributed by atoms with E-state index in [-0.39, 0.29) is 0 Å². The molecule has 4 nitrogen and oxygen atoms in total. The Bertz CT molecular complexity index is 499. The van der Waals surface area contributed by atoms with Crippen molar-refractivity contribution in [1.29, 1.82) is 0 Å². The summed E-state index contributed by atoms with van der Waals surface area (Å²) in [6, 6.07) is 8.56. The van der Waals surface area contributed by atoms with E-state index >= 15 is 0 Å². The van der Waals surface area contributed by atoms with E-state index in [9.17, 15) is 0 Å². The molecule has 0 aliphatic carbocycles. The van der Waals surface area contributed by atoms with Crippen LogP contribution in [0.15, 0.2) is 24.3 Å². The summed E-state index contributed by atoms with van der Waals surface area (Å²) >= 11 is 0. The van der Waals surface area contributed by atoms with Gasteiger partial charge in [-0.3, -0.25) is 0 Å². The molecule has 0 aliphatic heterocycles. The standard InChI is InChI=1S/C14H20N4/c1-4-14-13(9-15-3)16-17-18(14)10-12-7-5-11(2)6-8-12/h5-8,15H,4,9-10H2,1-3H3. The zero-order valence-corrected chi connectivity index (χ0v) is 11.3. The smallest absolute Gasteiger partial charge is 0.0996 e. The molecule has 0 spiro atoms. The third-order valence-electron chi connectivity index (χ3n) is 3.05. The molecule has 1 heterocycles. The molecule has 2 rings (SSSR count). The van der Waals surface area contributed by atoms with E-state index in [1.165, 1.54) is 16.8 Å². The second kappa shape index (κ2) is 5.78. The number of rotatable bonds is 5. The molecule has 2 aromatic rings. The molecule has 0 saturated heterocycles. The lowest BCUT2D eigenvalue weighted by atomic mass is 10.1. The van der Waals surface area contributed by atoms with Crippen LogP contribution in [0.5, 0.6) is 0 Å². The highest BCUT2D eigenvalue weighted by Gasteiger charge is 2.10. The molecule has 0 fully saturated rings. The van der Waals surface area contributed by atoms with Gasteiger partial charge in [0.2, 0.25) is 0 Å². The Hall–Kier alpha value is -1.68. The summed E-state index contributed by atoms with van der Waals surface area (Å²) in [5, 5.41) is 11.6. The van der Waals surface area contributed by atoms with Gasteiger partial charge >= 0.3 is 0 Å². The summed E-state index contributed by atoms with van der Waals surface area (Å²) in [7, 11) is 1.93. The van der Waals surface area contributed by atoms with E-state index in [0.717, 1.165) is 25.2 Å². The average molecular weight is 244 g/mol. The van der Waals surface area contributed by atoms with Gasteiger partial charge in [0, 0.05) is 6.54 Å². The van der Waals surface area contributed by atoms with Crippen LogP contribution in [0.3, 0.4) is 0 Å². The quantitative estimate of drug-likeness (QED) is 0.873. The van der Waals surface area contributed by atoms with Gasteiger partial charge < -0.3 is 5.32 Å². The summed E-state index contributed by atoms with van der Waals surface area (Å²) in [5.74, 6) is 0. The van der Waals surface area contributed by atoms with E-state index in [1.54, 1.807) is 0 Å². The number of aryl methyl sites for hydroxylation is 1. The molecule has 18 heavy (non-hydrogen) atoms. The molecule has 0 radical (unpaired) electrons. The summed E-state index contributed by atoms with van der Waals surface area (Å²) in [6.45, 7) is 5.81. The Labute approximate surface area is 108 Å². The first-order valence-corrected chi connectivity index (χ1v) is 6.36. The zero-order valence-electron chi connectivity index (χ0n) is 11.3. The minimum atomic E-state index is 0.775. The van der Waals surface area contributed by atoms with Gasteiger partial charge in [0.15, 0.2) is 0 Å². The Morgan fingerprint density at radius 2 is 1.94 bits per heavy atom. The van der Waals surface area contributed by atoms with Crippen LogP contribution in [-0.4, -0.2) is 22.0 Å². The van der Waals surface area contributed by atoms with Crippen LogP contribution in [0.2, 0.25) is 0 Å². The first-order valence-electron chi connectivity index (χ1n) is 6.36. The summed E-state index contributed by atoms with van der Waals surface area (Å²) in [6.07, 6.45) is 0.954. The van der Waals surface area contributed by atoms with Crippen molar-refractivity contribution in [3.8, 4) is 0 Å². The highest BCUT2D eigenvalue weighted by Crippen LogP contribution is 2.10. The second-order valence-electron chi connectivity index (χ2n) is 4.51. The van der Waals surface area contributed by atoms with Crippen LogP contribution >= 0.6 is 0 Å². The van der Waals surface area contributed by atoms with Gasteiger partial charge in [-0.25, -0.2) is 4.68 Å². The number of hydrogen-bond acceptors (Lipinski definition) is 3. The van der Waals surface area contributed by atoms with Crippen molar-refractivity contribution in [1.82, 2.24) is 20.3 Å². The maximum atomic E-state index is 4.25. The third-order valence-corrected chi connectivity index (χ3v) is 3.05. The van der Waals surface area contributed by atoms with Crippen molar-refractivity contribution in [2.24, 2.45) is 0 Å². The van der Waals surface area contributed by atoms with Gasteiger partial charge in [-0.1, -0.05) is 42.0 Å². The Morgan fingerprint density at radius 3 is 2.56 bits per heavy atom. The summed E-state index contributed by atoms with van der Waals surface area (Å²) < 4.78 is 2.00. The molecule has 0 aliphatic rings. The van der Waals surface area contributed by atoms with Crippen LogP contribution in [0.4, 0.5) is 0 Å². The molecular formula is C14H20N4. The predicted octanol–water partition coefficient (Wildman–Crippen LogP) is 1.92. The molecule has 1 aromatic carbocycles. The van der Waals surface area contributed by atoms with Crippen LogP contribution in [-0.2, 0) is 19.5 Å². The fourth-order valence-electron chi connectivity index (χ4n) is 2.05. The summed E-state index contributed by atoms with van der Waals surface area (Å²) in [5.41, 5.74) is 4.80. The van der Waals surface area contributed by atoms with Crippen LogP contribution in [0.1, 0.15) is 29.4 Å². The highest BCUT2D eigenvalue weighted by molar-refractivity contribution is 5.22. The maximum Gasteiger partial charge on any atom is 0.0996 e. The fraction of sp³-hybridized carbons (Fsp3) is 0.429. The van der Waals surface area contributed by atoms with Gasteiger partial charge in [-0.05, 0) is 26.0 Å². The molecule has 96 valence electrons. The summed E-state index contributed by atoms with van der Waals surface area (Å²) in [4.78, 5) is 0. The van der Waals surface area contributed by atoms with Crippen molar-refractivity contribution in [2.75, 3.05) is 7.05 Å². The van der Waals surface area contributed by atoms with Crippen molar-refractivity contribution in [3.05, 3.63) is 46.8 Å². The topological polar surface area (TPSA) is 42.7 Å². The molecule has 4 heteroatoms. The molecule has 1 N–H and O–H groups in total. The van der Waals surface area contributed by atoms with Gasteiger partial charge in [0.05, 0.1) is 17.9 Å². The third kappa shape index (κ3) is 2.76. The van der Waals surface area contributed by atoms with Crippen LogP contribution in [0.25, 0.3) is 0 Å². The normalized spacial score (nSPS) is 10.8.